The SMILES string of the molecule is CC(=NN(C=O)c1ccc(F)cc1)c1cccs1. The molecule has 1 heterocycles. The van der Waals surface area contributed by atoms with Gasteiger partial charge in [-0.1, -0.05) is 6.07 Å². The van der Waals surface area contributed by atoms with Gasteiger partial charge in [0.2, 0.25) is 6.41 Å². The van der Waals surface area contributed by atoms with Crippen LogP contribution in [-0.4, -0.2) is 12.1 Å². The molecule has 0 unspecified atom stereocenters. The van der Waals surface area contributed by atoms with Crippen LogP contribution in [0.4, 0.5) is 10.1 Å². The Morgan fingerprint density at radius 2 is 2.06 bits per heavy atom. The molecule has 5 heteroatoms. The van der Waals surface area contributed by atoms with Crippen molar-refractivity contribution in [2.45, 2.75) is 6.92 Å². The number of hydrogen-bond donors (Lipinski definition) is 0. The summed E-state index contributed by atoms with van der Waals surface area (Å²) in [6, 6.07) is 9.45. The smallest absolute Gasteiger partial charge is 0.234 e. The number of benzene rings is 1. The highest BCUT2D eigenvalue weighted by Gasteiger charge is 2.06. The van der Waals surface area contributed by atoms with E-state index in [4.69, 9.17) is 0 Å². The largest absolute Gasteiger partial charge is 0.276 e. The van der Waals surface area contributed by atoms with Gasteiger partial charge in [0.05, 0.1) is 16.3 Å². The third-order valence-electron chi connectivity index (χ3n) is 2.33. The lowest BCUT2D eigenvalue weighted by Crippen LogP contribution is -2.15. The van der Waals surface area contributed by atoms with Crippen LogP contribution in [0.2, 0.25) is 0 Å². The predicted molar refractivity (Wildman–Crippen MR) is 71.5 cm³/mol. The van der Waals surface area contributed by atoms with Crippen molar-refractivity contribution in [3.05, 3.63) is 52.5 Å². The number of amides is 1. The number of anilines is 1. The van der Waals surface area contributed by atoms with Crippen LogP contribution in [0, 0.1) is 5.82 Å². The van der Waals surface area contributed by atoms with Crippen molar-refractivity contribution in [2.75, 3.05) is 5.01 Å². The minimum atomic E-state index is -0.344. The molecule has 0 fully saturated rings. The Balaban J connectivity index is 2.27. The summed E-state index contributed by atoms with van der Waals surface area (Å²) in [7, 11) is 0. The summed E-state index contributed by atoms with van der Waals surface area (Å²) in [6.45, 7) is 1.83. The van der Waals surface area contributed by atoms with Gasteiger partial charge in [0, 0.05) is 0 Å². The van der Waals surface area contributed by atoms with Crippen LogP contribution < -0.4 is 5.01 Å². The molecule has 0 bridgehead atoms. The highest BCUT2D eigenvalue weighted by atomic mass is 32.1. The van der Waals surface area contributed by atoms with Gasteiger partial charge in [-0.2, -0.15) is 5.10 Å². The zero-order valence-corrected chi connectivity index (χ0v) is 10.5. The number of thiophene rings is 1. The molecule has 1 aromatic carbocycles. The van der Waals surface area contributed by atoms with E-state index < -0.39 is 0 Å². The Morgan fingerprint density at radius 1 is 1.33 bits per heavy atom. The highest BCUT2D eigenvalue weighted by Crippen LogP contribution is 2.16. The molecule has 0 atom stereocenters. The van der Waals surface area contributed by atoms with Gasteiger partial charge in [0.1, 0.15) is 5.82 Å². The normalized spacial score (nSPS) is 11.3. The van der Waals surface area contributed by atoms with Crippen molar-refractivity contribution in [3.63, 3.8) is 0 Å². The number of hydrazone groups is 1. The van der Waals surface area contributed by atoms with E-state index in [1.807, 2.05) is 24.4 Å². The monoisotopic (exact) mass is 262 g/mol. The molecule has 0 aliphatic carbocycles. The lowest BCUT2D eigenvalue weighted by atomic mass is 10.3. The summed E-state index contributed by atoms with van der Waals surface area (Å²) < 4.78 is 12.8. The second-order valence-corrected chi connectivity index (χ2v) is 4.54. The quantitative estimate of drug-likeness (QED) is 0.473. The lowest BCUT2D eigenvalue weighted by Gasteiger charge is -2.12. The van der Waals surface area contributed by atoms with Crippen LogP contribution in [0.15, 0.2) is 46.9 Å². The first-order valence-electron chi connectivity index (χ1n) is 5.30. The van der Waals surface area contributed by atoms with Gasteiger partial charge in [0.25, 0.3) is 0 Å². The predicted octanol–water partition coefficient (Wildman–Crippen LogP) is 3.27. The first kappa shape index (κ1) is 12.4. The van der Waals surface area contributed by atoms with Gasteiger partial charge in [-0.05, 0) is 42.6 Å². The molecule has 0 aliphatic heterocycles. The molecule has 0 saturated carbocycles. The number of carbonyl (C=O) groups is 1. The zero-order chi connectivity index (χ0) is 13.0. The number of rotatable bonds is 4. The van der Waals surface area contributed by atoms with Crippen LogP contribution in [0.5, 0.6) is 0 Å². The summed E-state index contributed by atoms with van der Waals surface area (Å²) in [5.41, 5.74) is 1.27. The fraction of sp³-hybridized carbons (Fsp3) is 0.0769. The molecule has 0 aliphatic rings. The Morgan fingerprint density at radius 3 is 2.61 bits per heavy atom. The summed E-state index contributed by atoms with van der Waals surface area (Å²) >= 11 is 1.55. The van der Waals surface area contributed by atoms with Gasteiger partial charge in [-0.3, -0.25) is 4.79 Å². The maximum absolute atomic E-state index is 12.8. The first-order chi connectivity index (χ1) is 8.70. The molecule has 0 radical (unpaired) electrons. The Hall–Kier alpha value is -2.01. The minimum absolute atomic E-state index is 0.344. The number of halogens is 1. The van der Waals surface area contributed by atoms with E-state index in [0.717, 1.165) is 10.6 Å². The number of carbonyl (C=O) groups excluding carboxylic acids is 1. The van der Waals surface area contributed by atoms with E-state index in [1.165, 1.54) is 29.3 Å². The second kappa shape index (κ2) is 5.55. The minimum Gasteiger partial charge on any atom is -0.276 e. The van der Waals surface area contributed by atoms with Crippen molar-refractivity contribution in [1.82, 2.24) is 0 Å². The molecule has 0 N–H and O–H groups in total. The van der Waals surface area contributed by atoms with Crippen molar-refractivity contribution in [2.24, 2.45) is 5.10 Å². The Kier molecular flexibility index (Phi) is 3.84. The van der Waals surface area contributed by atoms with Crippen molar-refractivity contribution in [1.29, 1.82) is 0 Å². The Labute approximate surface area is 108 Å². The molecule has 92 valence electrons. The summed E-state index contributed by atoms with van der Waals surface area (Å²) in [6.07, 6.45) is 0.602. The van der Waals surface area contributed by atoms with Crippen molar-refractivity contribution in [3.8, 4) is 0 Å². The van der Waals surface area contributed by atoms with Gasteiger partial charge < -0.3 is 0 Å². The van der Waals surface area contributed by atoms with Crippen molar-refractivity contribution >= 4 is 29.1 Å². The first-order valence-corrected chi connectivity index (χ1v) is 6.18. The summed E-state index contributed by atoms with van der Waals surface area (Å²) in [5.74, 6) is -0.344. The van der Waals surface area contributed by atoms with E-state index >= 15 is 0 Å². The molecule has 0 spiro atoms. The molecule has 2 aromatic rings. The summed E-state index contributed by atoms with van der Waals surface area (Å²) in [4.78, 5) is 12.0. The van der Waals surface area contributed by atoms with Crippen LogP contribution in [-0.2, 0) is 4.79 Å². The topological polar surface area (TPSA) is 32.7 Å². The zero-order valence-electron chi connectivity index (χ0n) is 9.71. The van der Waals surface area contributed by atoms with E-state index in [2.05, 4.69) is 5.10 Å². The van der Waals surface area contributed by atoms with Crippen LogP contribution in [0.3, 0.4) is 0 Å². The maximum Gasteiger partial charge on any atom is 0.234 e. The molecule has 1 aromatic heterocycles. The average Bonchev–Trinajstić information content (AvgIpc) is 2.91. The molecule has 2 rings (SSSR count). The fourth-order valence-electron chi connectivity index (χ4n) is 1.43. The van der Waals surface area contributed by atoms with E-state index in [1.54, 1.807) is 11.3 Å². The van der Waals surface area contributed by atoms with Crippen LogP contribution in [0.1, 0.15) is 11.8 Å². The molecular weight excluding hydrogens is 251 g/mol. The van der Waals surface area contributed by atoms with Crippen LogP contribution >= 0.6 is 11.3 Å². The van der Waals surface area contributed by atoms with E-state index in [-0.39, 0.29) is 5.82 Å². The van der Waals surface area contributed by atoms with Crippen molar-refractivity contribution < 1.29 is 9.18 Å². The number of hydrogen-bond acceptors (Lipinski definition) is 3. The molecule has 18 heavy (non-hydrogen) atoms. The third kappa shape index (κ3) is 2.81. The molecule has 1 amide bonds. The van der Waals surface area contributed by atoms with Gasteiger partial charge >= 0.3 is 0 Å². The highest BCUT2D eigenvalue weighted by molar-refractivity contribution is 7.12. The third-order valence-corrected chi connectivity index (χ3v) is 3.31. The van der Waals surface area contributed by atoms with Gasteiger partial charge in [-0.15, -0.1) is 11.3 Å². The molecule has 3 nitrogen and oxygen atoms in total. The van der Waals surface area contributed by atoms with Crippen LogP contribution in [0.25, 0.3) is 0 Å². The standard InChI is InChI=1S/C13H11FN2OS/c1-10(13-3-2-8-18-13)15-16(9-17)12-6-4-11(14)5-7-12/h2-9H,1H3. The lowest BCUT2D eigenvalue weighted by molar-refractivity contribution is -0.107. The Bertz CT molecular complexity index is 549. The average molecular weight is 262 g/mol. The maximum atomic E-state index is 12.8. The van der Waals surface area contributed by atoms with E-state index in [0.29, 0.717) is 12.1 Å². The molecular formula is C13H11FN2OS. The van der Waals surface area contributed by atoms with Gasteiger partial charge in [-0.25, -0.2) is 9.40 Å². The summed E-state index contributed by atoms with van der Waals surface area (Å²) in [5, 5.41) is 7.34. The number of nitrogens with zero attached hydrogens (tertiary/aromatic N) is 2. The molecule has 0 saturated heterocycles. The second-order valence-electron chi connectivity index (χ2n) is 3.59. The fourth-order valence-corrected chi connectivity index (χ4v) is 2.10. The van der Waals surface area contributed by atoms with E-state index in [9.17, 15) is 9.18 Å². The van der Waals surface area contributed by atoms with Gasteiger partial charge in [0.15, 0.2) is 0 Å².